The molecule has 0 amide bonds. The fourth-order valence-corrected chi connectivity index (χ4v) is 1.70. The molecule has 1 aliphatic rings. The maximum absolute atomic E-state index is 5.21. The summed E-state index contributed by atoms with van der Waals surface area (Å²) < 4.78 is 10.00. The first-order valence-electron chi connectivity index (χ1n) is 5.18. The van der Waals surface area contributed by atoms with Crippen molar-refractivity contribution in [3.8, 4) is 0 Å². The van der Waals surface area contributed by atoms with Crippen LogP contribution < -0.4 is 0 Å². The van der Waals surface area contributed by atoms with E-state index in [9.17, 15) is 0 Å². The second-order valence-electron chi connectivity index (χ2n) is 3.53. The predicted molar refractivity (Wildman–Crippen MR) is 53.6 cm³/mol. The Morgan fingerprint density at radius 1 is 1.23 bits per heavy atom. The number of methoxy groups -OCH3 is 1. The van der Waals surface area contributed by atoms with E-state index in [1.165, 1.54) is 32.1 Å². The van der Waals surface area contributed by atoms with E-state index in [1.54, 1.807) is 12.7 Å². The summed E-state index contributed by atoms with van der Waals surface area (Å²) in [5.74, 6) is 0. The Hall–Kier alpha value is -0.340. The van der Waals surface area contributed by atoms with Crippen LogP contribution in [-0.4, -0.2) is 20.5 Å². The lowest BCUT2D eigenvalue weighted by atomic mass is 9.94. The predicted octanol–water partition coefficient (Wildman–Crippen LogP) is 2.89. The molecule has 1 rings (SSSR count). The summed E-state index contributed by atoms with van der Waals surface area (Å²) in [4.78, 5) is 0. The van der Waals surface area contributed by atoms with Gasteiger partial charge in [0.2, 0.25) is 0 Å². The molecule has 0 saturated heterocycles. The highest BCUT2D eigenvalue weighted by atomic mass is 16.7. The molecule has 2 heteroatoms. The third-order valence-corrected chi connectivity index (χ3v) is 2.39. The number of hydrogen-bond acceptors (Lipinski definition) is 2. The van der Waals surface area contributed by atoms with Crippen LogP contribution >= 0.6 is 0 Å². The van der Waals surface area contributed by atoms with Gasteiger partial charge in [0, 0.05) is 7.11 Å². The highest BCUT2D eigenvalue weighted by Crippen LogP contribution is 2.22. The molecule has 0 bridgehead atoms. The molecule has 0 aromatic heterocycles. The fraction of sp³-hybridized carbons (Fsp3) is 0.818. The summed E-state index contributed by atoms with van der Waals surface area (Å²) in [6.07, 6.45) is 10.2. The first-order chi connectivity index (χ1) is 6.43. The highest BCUT2D eigenvalue weighted by Gasteiger charge is 2.03. The molecule has 2 nitrogen and oxygen atoms in total. The number of rotatable bonds is 5. The van der Waals surface area contributed by atoms with E-state index in [0.717, 1.165) is 13.0 Å². The van der Waals surface area contributed by atoms with Crippen molar-refractivity contribution in [2.75, 3.05) is 20.5 Å². The van der Waals surface area contributed by atoms with E-state index in [2.05, 4.69) is 6.08 Å². The molecule has 13 heavy (non-hydrogen) atoms. The Balaban J connectivity index is 2.01. The molecule has 0 spiro atoms. The molecule has 0 unspecified atom stereocenters. The molecule has 0 aromatic rings. The first kappa shape index (κ1) is 10.7. The van der Waals surface area contributed by atoms with Crippen molar-refractivity contribution >= 4 is 0 Å². The molecule has 1 fully saturated rings. The second kappa shape index (κ2) is 7.10. The van der Waals surface area contributed by atoms with Gasteiger partial charge in [0.05, 0.1) is 6.61 Å². The maximum Gasteiger partial charge on any atom is 0.146 e. The summed E-state index contributed by atoms with van der Waals surface area (Å²) in [5, 5.41) is 0. The van der Waals surface area contributed by atoms with Crippen molar-refractivity contribution in [3.05, 3.63) is 11.6 Å². The lowest BCUT2D eigenvalue weighted by Crippen LogP contribution is -1.98. The van der Waals surface area contributed by atoms with Gasteiger partial charge in [0.15, 0.2) is 0 Å². The number of ether oxygens (including phenoxy) is 2. The summed E-state index contributed by atoms with van der Waals surface area (Å²) >= 11 is 0. The molecule has 76 valence electrons. The molecule has 0 atom stereocenters. The topological polar surface area (TPSA) is 18.5 Å². The first-order valence-corrected chi connectivity index (χ1v) is 5.18. The third kappa shape index (κ3) is 5.06. The molecular weight excluding hydrogens is 164 g/mol. The molecule has 1 saturated carbocycles. The standard InChI is InChI=1S/C11H20O2/c1-12-10-13-9-5-8-11-6-3-2-4-7-11/h8H,2-7,9-10H2,1H3. The number of allylic oxidation sites excluding steroid dienone is 1. The van der Waals surface area contributed by atoms with Crippen LogP contribution in [0.1, 0.15) is 38.5 Å². The van der Waals surface area contributed by atoms with Gasteiger partial charge in [-0.3, -0.25) is 0 Å². The molecule has 0 N–H and O–H groups in total. The average molecular weight is 184 g/mol. The van der Waals surface area contributed by atoms with Crippen LogP contribution in [0.15, 0.2) is 11.6 Å². The highest BCUT2D eigenvalue weighted by molar-refractivity contribution is 5.03. The summed E-state index contributed by atoms with van der Waals surface area (Å²) in [7, 11) is 1.65. The molecular formula is C11H20O2. The van der Waals surface area contributed by atoms with Crippen molar-refractivity contribution in [1.82, 2.24) is 0 Å². The van der Waals surface area contributed by atoms with Crippen LogP contribution in [0.4, 0.5) is 0 Å². The van der Waals surface area contributed by atoms with Gasteiger partial charge in [-0.2, -0.15) is 0 Å². The molecule has 0 heterocycles. The molecule has 1 aliphatic carbocycles. The van der Waals surface area contributed by atoms with Crippen molar-refractivity contribution in [2.24, 2.45) is 0 Å². The van der Waals surface area contributed by atoms with E-state index >= 15 is 0 Å². The molecule has 0 aromatic carbocycles. The van der Waals surface area contributed by atoms with E-state index < -0.39 is 0 Å². The van der Waals surface area contributed by atoms with Crippen molar-refractivity contribution in [2.45, 2.75) is 38.5 Å². The van der Waals surface area contributed by atoms with Gasteiger partial charge < -0.3 is 9.47 Å². The zero-order valence-electron chi connectivity index (χ0n) is 8.55. The van der Waals surface area contributed by atoms with Crippen LogP contribution in [0.25, 0.3) is 0 Å². The minimum atomic E-state index is 0.420. The van der Waals surface area contributed by atoms with Gasteiger partial charge in [0.1, 0.15) is 6.79 Å². The van der Waals surface area contributed by atoms with Gasteiger partial charge in [-0.25, -0.2) is 0 Å². The van der Waals surface area contributed by atoms with Gasteiger partial charge in [0.25, 0.3) is 0 Å². The van der Waals surface area contributed by atoms with Crippen LogP contribution in [0.5, 0.6) is 0 Å². The summed E-state index contributed by atoms with van der Waals surface area (Å²) in [6.45, 7) is 1.21. The van der Waals surface area contributed by atoms with Crippen LogP contribution in [-0.2, 0) is 9.47 Å². The van der Waals surface area contributed by atoms with E-state index in [0.29, 0.717) is 6.79 Å². The fourth-order valence-electron chi connectivity index (χ4n) is 1.70. The quantitative estimate of drug-likeness (QED) is 0.371. The van der Waals surface area contributed by atoms with Crippen LogP contribution in [0.2, 0.25) is 0 Å². The Bertz CT molecular complexity index is 144. The SMILES string of the molecule is COCOCCC=C1CCCCC1. The van der Waals surface area contributed by atoms with Crippen LogP contribution in [0, 0.1) is 0 Å². The minimum absolute atomic E-state index is 0.420. The summed E-state index contributed by atoms with van der Waals surface area (Å²) in [6, 6.07) is 0. The lowest BCUT2D eigenvalue weighted by molar-refractivity contribution is -0.0286. The van der Waals surface area contributed by atoms with Gasteiger partial charge in [-0.05, 0) is 32.1 Å². The van der Waals surface area contributed by atoms with Crippen molar-refractivity contribution in [3.63, 3.8) is 0 Å². The lowest BCUT2D eigenvalue weighted by Gasteiger charge is -2.13. The molecule has 0 radical (unpaired) electrons. The van der Waals surface area contributed by atoms with Crippen molar-refractivity contribution < 1.29 is 9.47 Å². The Morgan fingerprint density at radius 2 is 2.00 bits per heavy atom. The Kier molecular flexibility index (Phi) is 5.87. The minimum Gasteiger partial charge on any atom is -0.359 e. The zero-order valence-corrected chi connectivity index (χ0v) is 8.55. The largest absolute Gasteiger partial charge is 0.359 e. The van der Waals surface area contributed by atoms with E-state index in [-0.39, 0.29) is 0 Å². The normalized spacial score (nSPS) is 17.5. The van der Waals surface area contributed by atoms with E-state index in [4.69, 9.17) is 9.47 Å². The number of hydrogen-bond donors (Lipinski definition) is 0. The van der Waals surface area contributed by atoms with Gasteiger partial charge >= 0.3 is 0 Å². The maximum atomic E-state index is 5.21. The van der Waals surface area contributed by atoms with Crippen LogP contribution in [0.3, 0.4) is 0 Å². The van der Waals surface area contributed by atoms with Gasteiger partial charge in [-0.1, -0.05) is 18.1 Å². The monoisotopic (exact) mass is 184 g/mol. The van der Waals surface area contributed by atoms with Crippen molar-refractivity contribution in [1.29, 1.82) is 0 Å². The smallest absolute Gasteiger partial charge is 0.146 e. The second-order valence-corrected chi connectivity index (χ2v) is 3.53. The Morgan fingerprint density at radius 3 is 2.69 bits per heavy atom. The van der Waals surface area contributed by atoms with E-state index in [1.807, 2.05) is 0 Å². The third-order valence-electron chi connectivity index (χ3n) is 2.39. The summed E-state index contributed by atoms with van der Waals surface area (Å²) in [5.41, 5.74) is 1.63. The Labute approximate surface area is 80.9 Å². The zero-order chi connectivity index (χ0) is 9.36. The van der Waals surface area contributed by atoms with Gasteiger partial charge in [-0.15, -0.1) is 0 Å². The molecule has 0 aliphatic heterocycles. The average Bonchev–Trinajstić information content (AvgIpc) is 2.19.